The van der Waals surface area contributed by atoms with Crippen molar-refractivity contribution in [2.45, 2.75) is 43.6 Å². The van der Waals surface area contributed by atoms with Gasteiger partial charge in [-0.05, 0) is 72.9 Å². The quantitative estimate of drug-likeness (QED) is 0.884. The fourth-order valence-electron chi connectivity index (χ4n) is 3.79. The maximum Gasteiger partial charge on any atom is 0.333 e. The Morgan fingerprint density at radius 1 is 1.00 bits per heavy atom. The first kappa shape index (κ1) is 16.1. The summed E-state index contributed by atoms with van der Waals surface area (Å²) in [6.45, 7) is 0. The molecule has 2 aliphatic rings. The lowest BCUT2D eigenvalue weighted by Crippen LogP contribution is -2.35. The Balaban J connectivity index is 1.60. The molecule has 0 fully saturated rings. The van der Waals surface area contributed by atoms with Crippen LogP contribution >= 0.6 is 0 Å². The lowest BCUT2D eigenvalue weighted by molar-refractivity contribution is 0.256. The van der Waals surface area contributed by atoms with E-state index >= 15 is 0 Å². The van der Waals surface area contributed by atoms with Crippen LogP contribution in [0, 0.1) is 0 Å². The predicted octanol–water partition coefficient (Wildman–Crippen LogP) is 2.57. The third-order valence-electron chi connectivity index (χ3n) is 4.85. The van der Waals surface area contributed by atoms with Crippen molar-refractivity contribution in [2.24, 2.45) is 0 Å². The average Bonchev–Trinajstić information content (AvgIpc) is 3.24. The van der Waals surface area contributed by atoms with E-state index in [-0.39, 0.29) is 5.03 Å². The van der Waals surface area contributed by atoms with Crippen molar-refractivity contribution >= 4 is 21.7 Å². The van der Waals surface area contributed by atoms with Gasteiger partial charge in [0.15, 0.2) is 5.03 Å². The summed E-state index contributed by atoms with van der Waals surface area (Å²) in [6.07, 6.45) is 7.40. The number of fused-ring (bicyclic) bond motifs is 2. The van der Waals surface area contributed by atoms with Crippen LogP contribution in [0.2, 0.25) is 0 Å². The summed E-state index contributed by atoms with van der Waals surface area (Å²) in [4.78, 5) is 16.2. The number of urea groups is 1. The fourth-order valence-corrected chi connectivity index (χ4v) is 4.64. The largest absolute Gasteiger partial charge is 0.333 e. The van der Waals surface area contributed by atoms with Gasteiger partial charge in [-0.1, -0.05) is 12.1 Å². The van der Waals surface area contributed by atoms with Crippen molar-refractivity contribution in [3.63, 3.8) is 0 Å². The first-order chi connectivity index (χ1) is 12.0. The fraction of sp³-hybridized carbons (Fsp3) is 0.333. The summed E-state index contributed by atoms with van der Waals surface area (Å²) in [6, 6.07) is 6.07. The number of pyridine rings is 1. The average molecular weight is 357 g/mol. The molecule has 0 spiro atoms. The number of aromatic nitrogens is 1. The second-order valence-electron chi connectivity index (χ2n) is 6.46. The van der Waals surface area contributed by atoms with E-state index in [1.54, 1.807) is 12.1 Å². The Kier molecular flexibility index (Phi) is 3.95. The van der Waals surface area contributed by atoms with E-state index in [0.717, 1.165) is 55.3 Å². The minimum absolute atomic E-state index is 0.173. The zero-order valence-electron chi connectivity index (χ0n) is 13.7. The number of hydrogen-bond donors (Lipinski definition) is 2. The van der Waals surface area contributed by atoms with Crippen LogP contribution in [0.15, 0.2) is 35.5 Å². The normalized spacial score (nSPS) is 15.5. The SMILES string of the molecule is O=C(Nc1c2c(cc3c1CCC3)CCC2)NS(=O)(=O)c1ccccn1. The monoisotopic (exact) mass is 357 g/mol. The van der Waals surface area contributed by atoms with Gasteiger partial charge in [-0.3, -0.25) is 0 Å². The molecule has 2 amide bonds. The molecule has 25 heavy (non-hydrogen) atoms. The molecule has 1 aromatic carbocycles. The summed E-state index contributed by atoms with van der Waals surface area (Å²) < 4.78 is 26.6. The second-order valence-corrected chi connectivity index (χ2v) is 8.09. The zero-order chi connectivity index (χ0) is 17.4. The number of nitrogens with zero attached hydrogens (tertiary/aromatic N) is 1. The summed E-state index contributed by atoms with van der Waals surface area (Å²) in [5.41, 5.74) is 5.69. The maximum atomic E-state index is 12.4. The minimum Gasteiger partial charge on any atom is -0.307 e. The van der Waals surface area contributed by atoms with Crippen LogP contribution in [0.25, 0.3) is 0 Å². The smallest absolute Gasteiger partial charge is 0.307 e. The molecule has 6 nitrogen and oxygen atoms in total. The third kappa shape index (κ3) is 3.00. The van der Waals surface area contributed by atoms with Crippen molar-refractivity contribution in [3.05, 3.63) is 52.7 Å². The van der Waals surface area contributed by atoms with Gasteiger partial charge in [0.2, 0.25) is 0 Å². The van der Waals surface area contributed by atoms with Crippen LogP contribution in [-0.2, 0) is 35.7 Å². The standard InChI is InChI=1S/C18H19N3O3S/c22-18(21-25(23,24)16-9-1-2-10-19-16)20-17-14-7-3-5-12(14)11-13-6-4-8-15(13)17/h1-2,9-11H,3-8H2,(H2,20,21,22). The second kappa shape index (κ2) is 6.15. The molecule has 2 aromatic rings. The van der Waals surface area contributed by atoms with Crippen molar-refractivity contribution in [1.29, 1.82) is 0 Å². The number of carbonyl (C=O) groups excluding carboxylic acids is 1. The van der Waals surface area contributed by atoms with E-state index in [1.165, 1.54) is 23.4 Å². The number of aryl methyl sites for hydroxylation is 2. The molecule has 2 aliphatic carbocycles. The number of anilines is 1. The Morgan fingerprint density at radius 2 is 1.68 bits per heavy atom. The highest BCUT2D eigenvalue weighted by atomic mass is 32.2. The molecule has 1 aromatic heterocycles. The molecule has 4 rings (SSSR count). The molecule has 0 saturated carbocycles. The number of benzene rings is 1. The Morgan fingerprint density at radius 3 is 2.28 bits per heavy atom. The molecule has 0 bridgehead atoms. The van der Waals surface area contributed by atoms with Gasteiger partial charge < -0.3 is 5.32 Å². The lowest BCUT2D eigenvalue weighted by atomic mass is 9.99. The van der Waals surface area contributed by atoms with Crippen LogP contribution in [0.3, 0.4) is 0 Å². The molecule has 0 atom stereocenters. The van der Waals surface area contributed by atoms with Gasteiger partial charge in [0.1, 0.15) is 0 Å². The first-order valence-electron chi connectivity index (χ1n) is 8.46. The van der Waals surface area contributed by atoms with E-state index in [0.29, 0.717) is 0 Å². The number of nitrogens with one attached hydrogen (secondary N) is 2. The molecule has 7 heteroatoms. The van der Waals surface area contributed by atoms with E-state index in [1.807, 2.05) is 0 Å². The van der Waals surface area contributed by atoms with Gasteiger partial charge in [0, 0.05) is 11.9 Å². The van der Waals surface area contributed by atoms with E-state index in [9.17, 15) is 13.2 Å². The molecule has 0 saturated heterocycles. The zero-order valence-corrected chi connectivity index (χ0v) is 14.5. The summed E-state index contributed by atoms with van der Waals surface area (Å²) >= 11 is 0. The van der Waals surface area contributed by atoms with Gasteiger partial charge in [-0.15, -0.1) is 0 Å². The third-order valence-corrected chi connectivity index (χ3v) is 6.10. The van der Waals surface area contributed by atoms with Gasteiger partial charge in [-0.2, -0.15) is 8.42 Å². The molecule has 2 N–H and O–H groups in total. The number of carbonyl (C=O) groups is 1. The van der Waals surface area contributed by atoms with Crippen molar-refractivity contribution in [1.82, 2.24) is 9.71 Å². The van der Waals surface area contributed by atoms with Crippen LogP contribution in [0.5, 0.6) is 0 Å². The van der Waals surface area contributed by atoms with Gasteiger partial charge in [0.25, 0.3) is 10.0 Å². The number of amides is 2. The minimum atomic E-state index is -3.98. The Bertz CT molecular complexity index is 908. The van der Waals surface area contributed by atoms with Crippen molar-refractivity contribution < 1.29 is 13.2 Å². The molecular weight excluding hydrogens is 338 g/mol. The molecule has 0 radical (unpaired) electrons. The molecular formula is C18H19N3O3S. The topological polar surface area (TPSA) is 88.2 Å². The summed E-state index contributed by atoms with van der Waals surface area (Å²) in [5, 5.41) is 2.64. The first-order valence-corrected chi connectivity index (χ1v) is 9.94. The number of sulfonamides is 1. The highest BCUT2D eigenvalue weighted by Crippen LogP contribution is 2.38. The van der Waals surface area contributed by atoms with Crippen LogP contribution in [0.1, 0.15) is 35.1 Å². The summed E-state index contributed by atoms with van der Waals surface area (Å²) in [7, 11) is -3.98. The lowest BCUT2D eigenvalue weighted by Gasteiger charge is -2.16. The number of rotatable bonds is 3. The van der Waals surface area contributed by atoms with E-state index in [2.05, 4.69) is 21.1 Å². The molecule has 1 heterocycles. The van der Waals surface area contributed by atoms with Crippen LogP contribution in [0.4, 0.5) is 10.5 Å². The highest BCUT2D eigenvalue weighted by Gasteiger charge is 2.26. The number of hydrogen-bond acceptors (Lipinski definition) is 4. The highest BCUT2D eigenvalue weighted by molar-refractivity contribution is 7.90. The van der Waals surface area contributed by atoms with E-state index < -0.39 is 16.1 Å². The van der Waals surface area contributed by atoms with E-state index in [4.69, 9.17) is 0 Å². The van der Waals surface area contributed by atoms with Crippen molar-refractivity contribution in [3.8, 4) is 0 Å². The van der Waals surface area contributed by atoms with Crippen molar-refractivity contribution in [2.75, 3.05) is 5.32 Å². The maximum absolute atomic E-state index is 12.4. The Hall–Kier alpha value is -2.41. The summed E-state index contributed by atoms with van der Waals surface area (Å²) in [5.74, 6) is 0. The van der Waals surface area contributed by atoms with Gasteiger partial charge in [-0.25, -0.2) is 14.5 Å². The van der Waals surface area contributed by atoms with Crippen LogP contribution < -0.4 is 10.0 Å². The molecule has 0 aliphatic heterocycles. The molecule has 130 valence electrons. The van der Waals surface area contributed by atoms with Gasteiger partial charge >= 0.3 is 6.03 Å². The Labute approximate surface area is 146 Å². The molecule has 0 unspecified atom stereocenters. The predicted molar refractivity (Wildman–Crippen MR) is 94.1 cm³/mol. The van der Waals surface area contributed by atoms with Gasteiger partial charge in [0.05, 0.1) is 0 Å². The van der Waals surface area contributed by atoms with Crippen LogP contribution in [-0.4, -0.2) is 19.4 Å².